The summed E-state index contributed by atoms with van der Waals surface area (Å²) >= 11 is 0. The molecule has 0 aromatic heterocycles. The van der Waals surface area contributed by atoms with Gasteiger partial charge in [-0.3, -0.25) is 0 Å². The van der Waals surface area contributed by atoms with Crippen molar-refractivity contribution in [3.63, 3.8) is 0 Å². The van der Waals surface area contributed by atoms with E-state index >= 15 is 0 Å². The smallest absolute Gasteiger partial charge is 0.372 e. The number of ether oxygens (including phenoxy) is 1. The molecule has 0 atom stereocenters. The fraction of sp³-hybridized carbons (Fsp3) is 0.250. The van der Waals surface area contributed by atoms with Gasteiger partial charge in [-0.05, 0) is 41.8 Å². The number of benzene rings is 2. The maximum Gasteiger partial charge on any atom is 0.416 e. The van der Waals surface area contributed by atoms with Gasteiger partial charge in [-0.15, -0.1) is 0 Å². The van der Waals surface area contributed by atoms with Crippen LogP contribution < -0.4 is 0 Å². The van der Waals surface area contributed by atoms with Gasteiger partial charge in [0.05, 0.1) is 18.8 Å². The van der Waals surface area contributed by atoms with Crippen molar-refractivity contribution in [2.75, 3.05) is 0 Å². The molecule has 0 aliphatic carbocycles. The number of aryl methyl sites for hydroxylation is 1. The first-order valence-electron chi connectivity index (χ1n) is 6.35. The van der Waals surface area contributed by atoms with E-state index in [0.717, 1.165) is 12.1 Å². The van der Waals surface area contributed by atoms with Crippen molar-refractivity contribution in [3.05, 3.63) is 70.5 Å². The lowest BCUT2D eigenvalue weighted by molar-refractivity contribution is -0.137. The Kier molecular flexibility index (Phi) is 4.63. The molecule has 0 unspecified atom stereocenters. The van der Waals surface area contributed by atoms with Crippen LogP contribution in [0, 0.1) is 12.7 Å². The van der Waals surface area contributed by atoms with Crippen molar-refractivity contribution in [1.29, 1.82) is 0 Å². The topological polar surface area (TPSA) is 9.23 Å². The van der Waals surface area contributed by atoms with Crippen LogP contribution >= 0.6 is 0 Å². The van der Waals surface area contributed by atoms with Crippen molar-refractivity contribution in [3.8, 4) is 0 Å². The Morgan fingerprint density at radius 1 is 0.952 bits per heavy atom. The number of alkyl halides is 3. The second-order valence-electron chi connectivity index (χ2n) is 4.77. The maximum absolute atomic E-state index is 13.3. The Hall–Kier alpha value is -1.88. The molecule has 0 saturated heterocycles. The lowest BCUT2D eigenvalue weighted by Gasteiger charge is -2.09. The molecule has 0 aliphatic rings. The van der Waals surface area contributed by atoms with Gasteiger partial charge in [-0.2, -0.15) is 13.2 Å². The summed E-state index contributed by atoms with van der Waals surface area (Å²) in [7, 11) is 0. The van der Waals surface area contributed by atoms with Gasteiger partial charge in [0.15, 0.2) is 0 Å². The SMILES string of the molecule is Cc1ccc(COCc2cccc(C(F)(F)F)c2)cc1F. The van der Waals surface area contributed by atoms with Crippen molar-refractivity contribution in [2.45, 2.75) is 26.3 Å². The molecule has 0 radical (unpaired) electrons. The summed E-state index contributed by atoms with van der Waals surface area (Å²) < 4.78 is 56.3. The minimum Gasteiger partial charge on any atom is -0.372 e. The molecule has 0 saturated carbocycles. The highest BCUT2D eigenvalue weighted by molar-refractivity contribution is 5.25. The van der Waals surface area contributed by atoms with Gasteiger partial charge in [0, 0.05) is 0 Å². The molecule has 21 heavy (non-hydrogen) atoms. The Morgan fingerprint density at radius 3 is 2.24 bits per heavy atom. The molecule has 0 N–H and O–H groups in total. The van der Waals surface area contributed by atoms with Gasteiger partial charge >= 0.3 is 6.18 Å². The zero-order chi connectivity index (χ0) is 15.5. The van der Waals surface area contributed by atoms with Crippen molar-refractivity contribution < 1.29 is 22.3 Å². The third-order valence-electron chi connectivity index (χ3n) is 3.03. The summed E-state index contributed by atoms with van der Waals surface area (Å²) in [5, 5.41) is 0. The third-order valence-corrected chi connectivity index (χ3v) is 3.03. The monoisotopic (exact) mass is 298 g/mol. The quantitative estimate of drug-likeness (QED) is 0.732. The molecule has 0 aliphatic heterocycles. The highest BCUT2D eigenvalue weighted by atomic mass is 19.4. The minimum atomic E-state index is -4.36. The summed E-state index contributed by atoms with van der Waals surface area (Å²) in [6.45, 7) is 1.84. The van der Waals surface area contributed by atoms with E-state index in [-0.39, 0.29) is 19.0 Å². The zero-order valence-electron chi connectivity index (χ0n) is 11.4. The van der Waals surface area contributed by atoms with E-state index in [2.05, 4.69) is 0 Å². The van der Waals surface area contributed by atoms with Gasteiger partial charge in [-0.25, -0.2) is 4.39 Å². The minimum absolute atomic E-state index is 0.0411. The Labute approximate surface area is 120 Å². The molecule has 112 valence electrons. The standard InChI is InChI=1S/C16H14F4O/c1-11-5-6-13(8-15(11)17)10-21-9-12-3-2-4-14(7-12)16(18,19)20/h2-8H,9-10H2,1H3. The fourth-order valence-electron chi connectivity index (χ4n) is 1.85. The second kappa shape index (κ2) is 6.26. The summed E-state index contributed by atoms with van der Waals surface area (Å²) in [6.07, 6.45) is -4.36. The lowest BCUT2D eigenvalue weighted by Crippen LogP contribution is -2.05. The molecule has 0 spiro atoms. The number of rotatable bonds is 4. The first kappa shape index (κ1) is 15.5. The molecule has 5 heteroatoms. The van der Waals surface area contributed by atoms with Crippen molar-refractivity contribution >= 4 is 0 Å². The first-order valence-corrected chi connectivity index (χ1v) is 6.35. The number of hydrogen-bond donors (Lipinski definition) is 0. The highest BCUT2D eigenvalue weighted by Gasteiger charge is 2.30. The van der Waals surface area contributed by atoms with Crippen LogP contribution in [0.3, 0.4) is 0 Å². The van der Waals surface area contributed by atoms with Gasteiger partial charge in [0.1, 0.15) is 5.82 Å². The Morgan fingerprint density at radius 2 is 1.62 bits per heavy atom. The van der Waals surface area contributed by atoms with Crippen LogP contribution in [0.1, 0.15) is 22.3 Å². The summed E-state index contributed by atoms with van der Waals surface area (Å²) in [5.74, 6) is -0.324. The fourth-order valence-corrected chi connectivity index (χ4v) is 1.85. The molecule has 0 fully saturated rings. The van der Waals surface area contributed by atoms with Crippen LogP contribution in [0.4, 0.5) is 17.6 Å². The van der Waals surface area contributed by atoms with E-state index in [1.54, 1.807) is 25.1 Å². The van der Waals surface area contributed by atoms with E-state index in [1.807, 2.05) is 0 Å². The van der Waals surface area contributed by atoms with Crippen LogP contribution in [-0.4, -0.2) is 0 Å². The molecule has 0 bridgehead atoms. The summed E-state index contributed by atoms with van der Waals surface area (Å²) in [5.41, 5.74) is 0.907. The molecular formula is C16H14F4O. The van der Waals surface area contributed by atoms with Crippen LogP contribution in [0.5, 0.6) is 0 Å². The van der Waals surface area contributed by atoms with E-state index in [0.29, 0.717) is 16.7 Å². The van der Waals surface area contributed by atoms with Crippen molar-refractivity contribution in [1.82, 2.24) is 0 Å². The van der Waals surface area contributed by atoms with Crippen molar-refractivity contribution in [2.24, 2.45) is 0 Å². The van der Waals surface area contributed by atoms with E-state index in [9.17, 15) is 17.6 Å². The molecule has 0 heterocycles. The van der Waals surface area contributed by atoms with Gasteiger partial charge in [0.2, 0.25) is 0 Å². The molecule has 0 amide bonds. The predicted octanol–water partition coefficient (Wildman–Crippen LogP) is 4.87. The van der Waals surface area contributed by atoms with Gasteiger partial charge < -0.3 is 4.74 Å². The molecule has 2 aromatic rings. The first-order chi connectivity index (χ1) is 9.86. The zero-order valence-corrected chi connectivity index (χ0v) is 11.4. The van der Waals surface area contributed by atoms with Crippen LogP contribution in [0.15, 0.2) is 42.5 Å². The van der Waals surface area contributed by atoms with Gasteiger partial charge in [-0.1, -0.05) is 24.3 Å². The largest absolute Gasteiger partial charge is 0.416 e. The van der Waals surface area contributed by atoms with Crippen LogP contribution in [-0.2, 0) is 24.1 Å². The third kappa shape index (κ3) is 4.29. The lowest BCUT2D eigenvalue weighted by atomic mass is 10.1. The van der Waals surface area contributed by atoms with Gasteiger partial charge in [0.25, 0.3) is 0 Å². The average molecular weight is 298 g/mol. The average Bonchev–Trinajstić information content (AvgIpc) is 2.42. The van der Waals surface area contributed by atoms with Crippen LogP contribution in [0.2, 0.25) is 0 Å². The normalized spacial score (nSPS) is 11.7. The Bertz CT molecular complexity index is 620. The second-order valence-corrected chi connectivity index (χ2v) is 4.77. The maximum atomic E-state index is 13.3. The number of hydrogen-bond acceptors (Lipinski definition) is 1. The van der Waals surface area contributed by atoms with E-state index < -0.39 is 11.7 Å². The summed E-state index contributed by atoms with van der Waals surface area (Å²) in [4.78, 5) is 0. The highest BCUT2D eigenvalue weighted by Crippen LogP contribution is 2.29. The Balaban J connectivity index is 1.96. The number of halogens is 4. The van der Waals surface area contributed by atoms with Crippen LogP contribution in [0.25, 0.3) is 0 Å². The predicted molar refractivity (Wildman–Crippen MR) is 71.1 cm³/mol. The molecule has 2 aromatic carbocycles. The molecule has 2 rings (SSSR count). The summed E-state index contributed by atoms with van der Waals surface area (Å²) in [6, 6.07) is 9.69. The van der Waals surface area contributed by atoms with E-state index in [4.69, 9.17) is 4.74 Å². The van der Waals surface area contributed by atoms with E-state index in [1.165, 1.54) is 12.1 Å². The molecular weight excluding hydrogens is 284 g/mol. The molecule has 1 nitrogen and oxygen atoms in total.